The fraction of sp³-hybridized carbons (Fsp3) is 0.250. The first-order valence-electron chi connectivity index (χ1n) is 7.41. The minimum Gasteiger partial charge on any atom is -0.469 e. The number of thioether (sulfide) groups is 1. The molecule has 2 N–H and O–H groups in total. The lowest BCUT2D eigenvalue weighted by Gasteiger charge is -2.07. The standard InChI is InChI=1S/C16H16N4O2S3/c1-10-3-4-12(15-14(10)11(7-17)8-18-15)20-25(21)13-9-19-16(24-13)22-5-6-23-2/h3-4,8-9,18,20H,5-6H2,1-2H3. The van der Waals surface area contributed by atoms with Crippen molar-refractivity contribution in [1.82, 2.24) is 9.97 Å². The number of H-pyrrole nitrogens is 1. The van der Waals surface area contributed by atoms with Crippen molar-refractivity contribution in [2.75, 3.05) is 23.3 Å². The van der Waals surface area contributed by atoms with Gasteiger partial charge in [-0.05, 0) is 24.8 Å². The largest absolute Gasteiger partial charge is 0.469 e. The Labute approximate surface area is 156 Å². The number of nitriles is 1. The number of anilines is 1. The van der Waals surface area contributed by atoms with Crippen molar-refractivity contribution in [3.8, 4) is 11.3 Å². The predicted molar refractivity (Wildman–Crippen MR) is 104 cm³/mol. The van der Waals surface area contributed by atoms with Gasteiger partial charge in [-0.1, -0.05) is 17.4 Å². The van der Waals surface area contributed by atoms with Crippen LogP contribution in [0.1, 0.15) is 11.1 Å². The van der Waals surface area contributed by atoms with Crippen molar-refractivity contribution in [3.63, 3.8) is 0 Å². The molecule has 0 saturated carbocycles. The van der Waals surface area contributed by atoms with Gasteiger partial charge in [0.05, 0.1) is 29.6 Å². The Morgan fingerprint density at radius 1 is 1.52 bits per heavy atom. The van der Waals surface area contributed by atoms with Crippen LogP contribution in [0, 0.1) is 18.3 Å². The molecular weight excluding hydrogens is 376 g/mol. The molecule has 0 bridgehead atoms. The first kappa shape index (κ1) is 17.8. The van der Waals surface area contributed by atoms with Gasteiger partial charge in [-0.15, -0.1) is 0 Å². The van der Waals surface area contributed by atoms with E-state index in [1.165, 1.54) is 11.3 Å². The van der Waals surface area contributed by atoms with Crippen molar-refractivity contribution in [1.29, 1.82) is 5.26 Å². The molecule has 0 aliphatic carbocycles. The number of hydrogen-bond acceptors (Lipinski definition) is 6. The van der Waals surface area contributed by atoms with Crippen LogP contribution in [-0.2, 0) is 11.0 Å². The normalized spacial score (nSPS) is 12.0. The molecule has 0 saturated heterocycles. The maximum atomic E-state index is 12.6. The van der Waals surface area contributed by atoms with Crippen molar-refractivity contribution in [3.05, 3.63) is 35.7 Å². The molecule has 0 fully saturated rings. The van der Waals surface area contributed by atoms with Crippen LogP contribution in [0.3, 0.4) is 0 Å². The summed E-state index contributed by atoms with van der Waals surface area (Å²) in [6, 6.07) is 5.92. The quantitative estimate of drug-likeness (QED) is 0.599. The molecule has 25 heavy (non-hydrogen) atoms. The first-order valence-corrected chi connectivity index (χ1v) is 10.8. The minimum atomic E-state index is -1.46. The minimum absolute atomic E-state index is 0.514. The third-order valence-corrected chi connectivity index (χ3v) is 6.39. The maximum absolute atomic E-state index is 12.6. The number of nitrogens with one attached hydrogen (secondary N) is 2. The Balaban J connectivity index is 1.80. The van der Waals surface area contributed by atoms with Crippen molar-refractivity contribution in [2.45, 2.75) is 11.1 Å². The molecule has 0 aliphatic rings. The Hall–Kier alpha value is -2.02. The second kappa shape index (κ2) is 7.91. The van der Waals surface area contributed by atoms with E-state index in [4.69, 9.17) is 4.74 Å². The average Bonchev–Trinajstić information content (AvgIpc) is 3.25. The first-order chi connectivity index (χ1) is 12.1. The van der Waals surface area contributed by atoms with Crippen molar-refractivity contribution >= 4 is 50.7 Å². The lowest BCUT2D eigenvalue weighted by Crippen LogP contribution is -2.03. The number of hydrogen-bond donors (Lipinski definition) is 2. The number of nitrogens with zero attached hydrogens (tertiary/aromatic N) is 2. The second-order valence-electron chi connectivity index (χ2n) is 5.15. The van der Waals surface area contributed by atoms with Gasteiger partial charge >= 0.3 is 0 Å². The highest BCUT2D eigenvalue weighted by atomic mass is 32.2. The highest BCUT2D eigenvalue weighted by Gasteiger charge is 2.14. The second-order valence-corrected chi connectivity index (χ2v) is 8.57. The van der Waals surface area contributed by atoms with Crippen LogP contribution in [0.5, 0.6) is 5.19 Å². The summed E-state index contributed by atoms with van der Waals surface area (Å²) in [5.74, 6) is 0.881. The van der Waals surface area contributed by atoms with E-state index in [1.54, 1.807) is 24.2 Å². The van der Waals surface area contributed by atoms with Gasteiger partial charge in [0, 0.05) is 17.3 Å². The third-order valence-electron chi connectivity index (χ3n) is 3.53. The Kier molecular flexibility index (Phi) is 5.63. The molecular formula is C16H16N4O2S3. The van der Waals surface area contributed by atoms with E-state index in [9.17, 15) is 9.47 Å². The lowest BCUT2D eigenvalue weighted by atomic mass is 10.1. The molecule has 1 unspecified atom stereocenters. The third kappa shape index (κ3) is 3.81. The molecule has 2 heterocycles. The predicted octanol–water partition coefficient (Wildman–Crippen LogP) is 3.68. The molecule has 9 heteroatoms. The molecule has 2 aromatic heterocycles. The highest BCUT2D eigenvalue weighted by molar-refractivity contribution is 7.98. The van der Waals surface area contributed by atoms with Crippen LogP contribution in [0.4, 0.5) is 5.69 Å². The number of rotatable bonds is 7. The number of fused-ring (bicyclic) bond motifs is 1. The number of benzene rings is 1. The lowest BCUT2D eigenvalue weighted by molar-refractivity contribution is 0.342. The zero-order valence-electron chi connectivity index (χ0n) is 13.7. The summed E-state index contributed by atoms with van der Waals surface area (Å²) in [6.45, 7) is 2.52. The summed E-state index contributed by atoms with van der Waals surface area (Å²) < 4.78 is 21.7. The molecule has 1 atom stereocenters. The van der Waals surface area contributed by atoms with E-state index in [2.05, 4.69) is 20.8 Å². The van der Waals surface area contributed by atoms with E-state index < -0.39 is 11.0 Å². The molecule has 1 aromatic carbocycles. The SMILES string of the molecule is CSCCOc1ncc(S(=O)Nc2ccc(C)c3c(C#N)c[nH]c23)s1. The molecule has 6 nitrogen and oxygen atoms in total. The van der Waals surface area contributed by atoms with Gasteiger partial charge in [-0.25, -0.2) is 9.19 Å². The number of aromatic amines is 1. The van der Waals surface area contributed by atoms with Crippen LogP contribution in [0.2, 0.25) is 0 Å². The van der Waals surface area contributed by atoms with Crippen molar-refractivity contribution < 1.29 is 8.95 Å². The number of aryl methyl sites for hydroxylation is 1. The van der Waals surface area contributed by atoms with Crippen LogP contribution in [0.15, 0.2) is 28.7 Å². The van der Waals surface area contributed by atoms with Gasteiger partial charge in [-0.2, -0.15) is 17.0 Å². The molecule has 0 amide bonds. The van der Waals surface area contributed by atoms with Crippen LogP contribution in [-0.4, -0.2) is 32.8 Å². The Bertz CT molecular complexity index is 958. The van der Waals surface area contributed by atoms with Crippen LogP contribution in [0.25, 0.3) is 10.9 Å². The number of aromatic nitrogens is 2. The van der Waals surface area contributed by atoms with E-state index in [-0.39, 0.29) is 0 Å². The highest BCUT2D eigenvalue weighted by Crippen LogP contribution is 2.30. The van der Waals surface area contributed by atoms with E-state index >= 15 is 0 Å². The topological polar surface area (TPSA) is 90.8 Å². The van der Waals surface area contributed by atoms with Crippen molar-refractivity contribution in [2.24, 2.45) is 0 Å². The molecule has 0 spiro atoms. The summed E-state index contributed by atoms with van der Waals surface area (Å²) >= 11 is 2.96. The zero-order valence-corrected chi connectivity index (χ0v) is 16.1. The maximum Gasteiger partial charge on any atom is 0.274 e. The number of thiazole rings is 1. The molecule has 0 aliphatic heterocycles. The molecule has 130 valence electrons. The Morgan fingerprint density at radius 3 is 3.12 bits per heavy atom. The summed E-state index contributed by atoms with van der Waals surface area (Å²) in [4.78, 5) is 7.23. The molecule has 3 rings (SSSR count). The van der Waals surface area contributed by atoms with Crippen LogP contribution >= 0.6 is 23.1 Å². The summed E-state index contributed by atoms with van der Waals surface area (Å²) in [7, 11) is -1.46. The smallest absolute Gasteiger partial charge is 0.274 e. The summed E-state index contributed by atoms with van der Waals surface area (Å²) in [6.07, 6.45) is 5.23. The monoisotopic (exact) mass is 392 g/mol. The Morgan fingerprint density at radius 2 is 2.36 bits per heavy atom. The van der Waals surface area contributed by atoms with Gasteiger partial charge in [0.15, 0.2) is 11.0 Å². The van der Waals surface area contributed by atoms with E-state index in [1.807, 2.05) is 25.3 Å². The molecule has 3 aromatic rings. The number of ether oxygens (including phenoxy) is 1. The fourth-order valence-electron chi connectivity index (χ4n) is 2.35. The van der Waals surface area contributed by atoms with Crippen LogP contribution < -0.4 is 9.46 Å². The van der Waals surface area contributed by atoms with Gasteiger partial charge in [0.2, 0.25) is 0 Å². The van der Waals surface area contributed by atoms with Gasteiger partial charge < -0.3 is 9.72 Å². The van der Waals surface area contributed by atoms with Gasteiger partial charge in [0.25, 0.3) is 5.19 Å². The average molecular weight is 393 g/mol. The summed E-state index contributed by atoms with van der Waals surface area (Å²) in [5, 5.41) is 10.6. The zero-order chi connectivity index (χ0) is 17.8. The van der Waals surface area contributed by atoms with E-state index in [0.717, 1.165) is 22.2 Å². The summed E-state index contributed by atoms with van der Waals surface area (Å²) in [5.41, 5.74) is 3.01. The van der Waals surface area contributed by atoms with Gasteiger partial charge in [0.1, 0.15) is 10.3 Å². The molecule has 0 radical (unpaired) electrons. The van der Waals surface area contributed by atoms with E-state index in [0.29, 0.717) is 27.3 Å². The fourth-order valence-corrected chi connectivity index (χ4v) is 4.39. The van der Waals surface area contributed by atoms with Gasteiger partial charge in [-0.3, -0.25) is 4.72 Å².